The van der Waals surface area contributed by atoms with Crippen LogP contribution in [0.1, 0.15) is 5.56 Å². The number of aromatic nitrogens is 2. The van der Waals surface area contributed by atoms with Crippen LogP contribution in [0.2, 0.25) is 0 Å². The van der Waals surface area contributed by atoms with Crippen molar-refractivity contribution in [1.82, 2.24) is 9.97 Å². The number of methoxy groups -OCH3 is 1. The highest BCUT2D eigenvalue weighted by atomic mass is 16.5. The SMILES string of the molecule is C=C(Nc1ccc(C)cc1)Nc1ccc(Oc2cc(NCCOC)ncn2)cc1. The van der Waals surface area contributed by atoms with Crippen molar-refractivity contribution in [3.05, 3.63) is 78.9 Å². The van der Waals surface area contributed by atoms with Gasteiger partial charge < -0.3 is 25.4 Å². The Morgan fingerprint density at radius 3 is 2.28 bits per heavy atom. The topological polar surface area (TPSA) is 80.3 Å². The maximum atomic E-state index is 5.80. The van der Waals surface area contributed by atoms with Crippen molar-refractivity contribution in [1.29, 1.82) is 0 Å². The molecule has 0 amide bonds. The monoisotopic (exact) mass is 391 g/mol. The average Bonchev–Trinajstić information content (AvgIpc) is 2.72. The van der Waals surface area contributed by atoms with Crippen LogP contribution in [0.15, 0.2) is 73.3 Å². The summed E-state index contributed by atoms with van der Waals surface area (Å²) in [6.07, 6.45) is 1.46. The van der Waals surface area contributed by atoms with Gasteiger partial charge in [-0.25, -0.2) is 9.97 Å². The maximum absolute atomic E-state index is 5.80. The minimum Gasteiger partial charge on any atom is -0.439 e. The first-order valence-electron chi connectivity index (χ1n) is 9.25. The normalized spacial score (nSPS) is 10.3. The number of hydrogen-bond donors (Lipinski definition) is 3. The molecule has 3 aromatic rings. The summed E-state index contributed by atoms with van der Waals surface area (Å²) in [5.74, 6) is 2.51. The lowest BCUT2D eigenvalue weighted by molar-refractivity contribution is 0.210. The van der Waals surface area contributed by atoms with E-state index in [2.05, 4.69) is 39.4 Å². The molecule has 3 N–H and O–H groups in total. The Bertz CT molecular complexity index is 927. The van der Waals surface area contributed by atoms with Crippen LogP contribution < -0.4 is 20.7 Å². The van der Waals surface area contributed by atoms with Crippen LogP contribution in [0.4, 0.5) is 17.2 Å². The van der Waals surface area contributed by atoms with E-state index in [0.717, 1.165) is 11.4 Å². The summed E-state index contributed by atoms with van der Waals surface area (Å²) >= 11 is 0. The zero-order chi connectivity index (χ0) is 20.5. The van der Waals surface area contributed by atoms with E-state index in [1.54, 1.807) is 13.2 Å². The van der Waals surface area contributed by atoms with E-state index in [1.807, 2.05) is 48.5 Å². The van der Waals surface area contributed by atoms with Crippen molar-refractivity contribution in [2.24, 2.45) is 0 Å². The number of anilines is 3. The highest BCUT2D eigenvalue weighted by Gasteiger charge is 2.03. The molecule has 1 heterocycles. The van der Waals surface area contributed by atoms with E-state index in [0.29, 0.717) is 36.4 Å². The van der Waals surface area contributed by atoms with Crippen molar-refractivity contribution < 1.29 is 9.47 Å². The van der Waals surface area contributed by atoms with Crippen LogP contribution in [-0.2, 0) is 4.74 Å². The lowest BCUT2D eigenvalue weighted by Gasteiger charge is -2.13. The second-order valence-corrected chi connectivity index (χ2v) is 6.38. The standard InChI is InChI=1S/C22H25N5O2/c1-16-4-6-18(7-5-16)26-17(2)27-19-8-10-20(11-9-19)29-22-14-21(24-15-25-22)23-12-13-28-3/h4-11,14-15,26-27H,2,12-13H2,1,3H3,(H,23,24,25). The van der Waals surface area contributed by atoms with Crippen LogP contribution in [0.25, 0.3) is 0 Å². The van der Waals surface area contributed by atoms with E-state index in [9.17, 15) is 0 Å². The van der Waals surface area contributed by atoms with Gasteiger partial charge in [0.25, 0.3) is 0 Å². The molecule has 1 aromatic heterocycles. The summed E-state index contributed by atoms with van der Waals surface area (Å²) in [5, 5.41) is 9.60. The van der Waals surface area contributed by atoms with Crippen molar-refractivity contribution in [3.63, 3.8) is 0 Å². The van der Waals surface area contributed by atoms with E-state index < -0.39 is 0 Å². The molecule has 0 saturated heterocycles. The molecule has 0 aliphatic rings. The molecule has 0 radical (unpaired) electrons. The van der Waals surface area contributed by atoms with Crippen LogP contribution >= 0.6 is 0 Å². The smallest absolute Gasteiger partial charge is 0.224 e. The molecule has 29 heavy (non-hydrogen) atoms. The van der Waals surface area contributed by atoms with Gasteiger partial charge in [0.15, 0.2) is 0 Å². The second kappa shape index (κ2) is 10.1. The quantitative estimate of drug-likeness (QED) is 0.435. The van der Waals surface area contributed by atoms with Crippen molar-refractivity contribution in [2.75, 3.05) is 36.2 Å². The number of hydrogen-bond acceptors (Lipinski definition) is 7. The molecule has 0 unspecified atom stereocenters. The minimum atomic E-state index is 0.464. The summed E-state index contributed by atoms with van der Waals surface area (Å²) in [7, 11) is 1.66. The van der Waals surface area contributed by atoms with Gasteiger partial charge >= 0.3 is 0 Å². The molecule has 7 heteroatoms. The number of nitrogens with zero attached hydrogens (tertiary/aromatic N) is 2. The zero-order valence-corrected chi connectivity index (χ0v) is 16.6. The van der Waals surface area contributed by atoms with Crippen LogP contribution in [-0.4, -0.2) is 30.2 Å². The van der Waals surface area contributed by atoms with Gasteiger partial charge in [0, 0.05) is 31.1 Å². The molecule has 150 valence electrons. The summed E-state index contributed by atoms with van der Waals surface area (Å²) in [4.78, 5) is 8.30. The molecular weight excluding hydrogens is 366 g/mol. The minimum absolute atomic E-state index is 0.464. The van der Waals surface area contributed by atoms with Gasteiger partial charge in [0.05, 0.1) is 6.61 Å². The molecule has 0 atom stereocenters. The highest BCUT2D eigenvalue weighted by molar-refractivity contribution is 5.56. The molecule has 0 bridgehead atoms. The Kier molecular flexibility index (Phi) is 7.02. The molecule has 0 saturated carbocycles. The lowest BCUT2D eigenvalue weighted by Crippen LogP contribution is -2.09. The van der Waals surface area contributed by atoms with Gasteiger partial charge in [-0.3, -0.25) is 0 Å². The van der Waals surface area contributed by atoms with Gasteiger partial charge in [0.2, 0.25) is 5.88 Å². The molecule has 0 fully saturated rings. The summed E-state index contributed by atoms with van der Waals surface area (Å²) < 4.78 is 10.8. The van der Waals surface area contributed by atoms with Gasteiger partial charge in [-0.2, -0.15) is 0 Å². The molecule has 2 aromatic carbocycles. The molecule has 0 spiro atoms. The predicted molar refractivity (Wildman–Crippen MR) is 116 cm³/mol. The van der Waals surface area contributed by atoms with Gasteiger partial charge in [0.1, 0.15) is 23.7 Å². The first kappa shape index (κ1) is 20.2. The van der Waals surface area contributed by atoms with Gasteiger partial charge in [-0.1, -0.05) is 24.3 Å². The Balaban J connectivity index is 1.54. The number of aryl methyl sites for hydroxylation is 1. The van der Waals surface area contributed by atoms with Crippen LogP contribution in [0.3, 0.4) is 0 Å². The predicted octanol–water partition coefficient (Wildman–Crippen LogP) is 4.63. The lowest BCUT2D eigenvalue weighted by atomic mass is 10.2. The van der Waals surface area contributed by atoms with Crippen molar-refractivity contribution in [3.8, 4) is 11.6 Å². The molecular formula is C22H25N5O2. The zero-order valence-electron chi connectivity index (χ0n) is 16.6. The highest BCUT2D eigenvalue weighted by Crippen LogP contribution is 2.23. The Labute approximate surface area is 170 Å². The van der Waals surface area contributed by atoms with Crippen LogP contribution in [0, 0.1) is 6.92 Å². The molecule has 0 aliphatic heterocycles. The van der Waals surface area contributed by atoms with Crippen molar-refractivity contribution >= 4 is 17.2 Å². The van der Waals surface area contributed by atoms with E-state index in [1.165, 1.54) is 11.9 Å². The number of benzene rings is 2. The molecule has 0 aliphatic carbocycles. The van der Waals surface area contributed by atoms with Gasteiger partial charge in [-0.15, -0.1) is 0 Å². The van der Waals surface area contributed by atoms with Crippen LogP contribution in [0.5, 0.6) is 11.6 Å². The maximum Gasteiger partial charge on any atom is 0.224 e. The van der Waals surface area contributed by atoms with Gasteiger partial charge in [-0.05, 0) is 43.3 Å². The third-order valence-corrected chi connectivity index (χ3v) is 3.97. The Morgan fingerprint density at radius 2 is 1.62 bits per heavy atom. The second-order valence-electron chi connectivity index (χ2n) is 6.38. The fraction of sp³-hybridized carbons (Fsp3) is 0.182. The third kappa shape index (κ3) is 6.51. The Hall–Kier alpha value is -3.58. The van der Waals surface area contributed by atoms with E-state index in [-0.39, 0.29) is 0 Å². The first-order valence-corrected chi connectivity index (χ1v) is 9.25. The largest absolute Gasteiger partial charge is 0.439 e. The van der Waals surface area contributed by atoms with Crippen molar-refractivity contribution in [2.45, 2.75) is 6.92 Å². The molecule has 3 rings (SSSR count). The Morgan fingerprint density at radius 1 is 0.966 bits per heavy atom. The molecule has 7 nitrogen and oxygen atoms in total. The summed E-state index contributed by atoms with van der Waals surface area (Å²) in [6, 6.07) is 17.4. The number of ether oxygens (including phenoxy) is 2. The fourth-order valence-electron chi connectivity index (χ4n) is 2.52. The van der Waals surface area contributed by atoms with E-state index in [4.69, 9.17) is 9.47 Å². The average molecular weight is 391 g/mol. The summed E-state index contributed by atoms with van der Waals surface area (Å²) in [6.45, 7) is 7.32. The summed E-state index contributed by atoms with van der Waals surface area (Å²) in [5.41, 5.74) is 3.09. The third-order valence-electron chi connectivity index (χ3n) is 3.97. The van der Waals surface area contributed by atoms with E-state index >= 15 is 0 Å². The number of nitrogens with one attached hydrogen (secondary N) is 3. The number of rotatable bonds is 10. The first-order chi connectivity index (χ1) is 14.1. The fourth-order valence-corrected chi connectivity index (χ4v) is 2.52.